The van der Waals surface area contributed by atoms with Crippen LogP contribution >= 0.6 is 0 Å². The van der Waals surface area contributed by atoms with Gasteiger partial charge in [0.05, 0.1) is 6.54 Å². The molecule has 3 N–H and O–H groups in total. The number of amides is 4. The number of hydrazine groups is 1. The van der Waals surface area contributed by atoms with Gasteiger partial charge in [0, 0.05) is 39.3 Å². The van der Waals surface area contributed by atoms with Crippen molar-refractivity contribution in [1.82, 2.24) is 26.0 Å². The average Bonchev–Trinajstić information content (AvgIpc) is 2.83. The molecule has 0 aromatic heterocycles. The number of urea groups is 1. The Kier molecular flexibility index (Phi) is 13.0. The van der Waals surface area contributed by atoms with Gasteiger partial charge in [-0.25, -0.2) is 28.8 Å². The Balaban J connectivity index is 0. The molecule has 11 heteroatoms. The van der Waals surface area contributed by atoms with Crippen LogP contribution in [0, 0.1) is 11.6 Å². The van der Waals surface area contributed by atoms with Crippen molar-refractivity contribution in [3.05, 3.63) is 47.7 Å². The van der Waals surface area contributed by atoms with Crippen molar-refractivity contribution in [2.24, 2.45) is 0 Å². The van der Waals surface area contributed by atoms with Gasteiger partial charge < -0.3 is 20.3 Å². The number of piperidine rings is 1. The van der Waals surface area contributed by atoms with E-state index in [9.17, 15) is 23.2 Å². The minimum atomic E-state index is -1.02. The summed E-state index contributed by atoms with van der Waals surface area (Å²) in [6.45, 7) is 17.3. The first-order valence-corrected chi connectivity index (χ1v) is 13.0. The Morgan fingerprint density at radius 3 is 2.47 bits per heavy atom. The molecule has 1 fully saturated rings. The molecule has 1 aliphatic rings. The van der Waals surface area contributed by atoms with Gasteiger partial charge in [-0.1, -0.05) is 26.5 Å². The maximum absolute atomic E-state index is 13.8. The molecule has 218 valence electrons. The van der Waals surface area contributed by atoms with Crippen LogP contribution in [0.3, 0.4) is 0 Å². The predicted octanol–water partition coefficient (Wildman–Crippen LogP) is 5.33. The van der Waals surface area contributed by atoms with Crippen LogP contribution in [0.1, 0.15) is 76.1 Å². The van der Waals surface area contributed by atoms with Crippen molar-refractivity contribution in [1.29, 1.82) is 0 Å². The molecule has 0 radical (unpaired) electrons. The third kappa shape index (κ3) is 10.9. The van der Waals surface area contributed by atoms with Gasteiger partial charge in [-0.05, 0) is 59.9 Å². The van der Waals surface area contributed by atoms with Crippen LogP contribution in [0.5, 0.6) is 0 Å². The average molecular weight is 544 g/mol. The van der Waals surface area contributed by atoms with E-state index in [4.69, 9.17) is 4.74 Å². The fourth-order valence-corrected chi connectivity index (χ4v) is 3.74. The van der Waals surface area contributed by atoms with Crippen molar-refractivity contribution >= 4 is 18.0 Å². The molecule has 0 bridgehead atoms. The Hall–Kier alpha value is -3.37. The molecule has 0 aliphatic carbocycles. The van der Waals surface area contributed by atoms with Crippen LogP contribution in [-0.2, 0) is 16.1 Å². The maximum atomic E-state index is 13.8. The largest absolute Gasteiger partial charge is 0.443 e. The van der Waals surface area contributed by atoms with Crippen LogP contribution in [0.15, 0.2) is 30.5 Å². The highest BCUT2D eigenvalue weighted by Gasteiger charge is 2.27. The highest BCUT2D eigenvalue weighted by molar-refractivity contribution is 5.87. The van der Waals surface area contributed by atoms with Gasteiger partial charge in [0.15, 0.2) is 0 Å². The lowest BCUT2D eigenvalue weighted by Gasteiger charge is -2.38. The van der Waals surface area contributed by atoms with Gasteiger partial charge in [0.2, 0.25) is 5.91 Å². The summed E-state index contributed by atoms with van der Waals surface area (Å²) < 4.78 is 32.2. The van der Waals surface area contributed by atoms with E-state index in [1.807, 2.05) is 13.8 Å². The monoisotopic (exact) mass is 543 g/mol. The second-order valence-corrected chi connectivity index (χ2v) is 9.93. The van der Waals surface area contributed by atoms with Gasteiger partial charge in [-0.15, -0.1) is 0 Å². The summed E-state index contributed by atoms with van der Waals surface area (Å²) in [5.74, 6) is -2.10. The van der Waals surface area contributed by atoms with Gasteiger partial charge in [0.25, 0.3) is 0 Å². The molecule has 1 aromatic carbocycles. The van der Waals surface area contributed by atoms with Crippen molar-refractivity contribution in [2.75, 3.05) is 13.1 Å². The predicted molar refractivity (Wildman–Crippen MR) is 147 cm³/mol. The van der Waals surface area contributed by atoms with Gasteiger partial charge in [-0.2, -0.15) is 0 Å². The van der Waals surface area contributed by atoms with E-state index in [2.05, 4.69) is 34.5 Å². The molecule has 1 aromatic rings. The molecule has 1 aliphatic heterocycles. The van der Waals surface area contributed by atoms with Crippen molar-refractivity contribution < 1.29 is 30.8 Å². The molecular formula is C27H47F2N5O4. The van der Waals surface area contributed by atoms with E-state index in [-0.39, 0.29) is 27.5 Å². The second-order valence-electron chi connectivity index (χ2n) is 9.93. The number of nitrogens with one attached hydrogen (secondary N) is 3. The summed E-state index contributed by atoms with van der Waals surface area (Å²) in [6.07, 6.45) is 2.28. The number of likely N-dealkylation sites (tertiary alicyclic amines) is 1. The van der Waals surface area contributed by atoms with Gasteiger partial charge in [-0.3, -0.25) is 4.79 Å². The number of ether oxygens (including phenoxy) is 1. The quantitative estimate of drug-likeness (QED) is 0.404. The maximum Gasteiger partial charge on any atom is 0.426 e. The highest BCUT2D eigenvalue weighted by atomic mass is 19.1. The second kappa shape index (κ2) is 15.1. The molecule has 0 spiro atoms. The van der Waals surface area contributed by atoms with Crippen LogP contribution in [0.4, 0.5) is 18.4 Å². The zero-order valence-corrected chi connectivity index (χ0v) is 23.6. The molecule has 1 saturated heterocycles. The van der Waals surface area contributed by atoms with Crippen LogP contribution < -0.4 is 16.1 Å². The standard InChI is InChI=1S/C25H37F2N5O4.C2H6.2H2/c1-16-9-7-8-12-31(16)17(2)15-32(30-24(35)36-25(4,5)6)23(34)29-18(3)22(33)28-14-19-10-11-20(26)13-21(19)27;1-2;;/h10-11,13,16,18H,2,7-9,12,14-15H2,1,3-6H3,(H,28,33)(H,29,34)(H,30,35);1-2H3;2*1H/t16-,18-;;;/m0.../s1. The summed E-state index contributed by atoms with van der Waals surface area (Å²) in [4.78, 5) is 40.0. The summed E-state index contributed by atoms with van der Waals surface area (Å²) in [5.41, 5.74) is 2.38. The molecule has 2 rings (SSSR count). The summed E-state index contributed by atoms with van der Waals surface area (Å²) in [7, 11) is 0. The first-order chi connectivity index (χ1) is 17.8. The topological polar surface area (TPSA) is 103 Å². The number of halogens is 2. The van der Waals surface area contributed by atoms with E-state index in [0.717, 1.165) is 42.9 Å². The zero-order valence-electron chi connectivity index (χ0n) is 23.6. The lowest BCUT2D eigenvalue weighted by molar-refractivity contribution is -0.122. The van der Waals surface area contributed by atoms with Crippen LogP contribution in [-0.4, -0.2) is 58.7 Å². The Labute approximate surface area is 227 Å². The third-order valence-electron chi connectivity index (χ3n) is 5.62. The van der Waals surface area contributed by atoms with E-state index in [1.165, 1.54) is 13.0 Å². The first-order valence-electron chi connectivity index (χ1n) is 13.0. The van der Waals surface area contributed by atoms with Gasteiger partial charge in [0.1, 0.15) is 23.3 Å². The lowest BCUT2D eigenvalue weighted by atomic mass is 10.0. The molecular weight excluding hydrogens is 496 g/mol. The number of hydrogen-bond acceptors (Lipinski definition) is 5. The lowest BCUT2D eigenvalue weighted by Crippen LogP contribution is -2.57. The minimum absolute atomic E-state index is 0. The number of carbonyl (C=O) groups is 3. The van der Waals surface area contributed by atoms with Crippen LogP contribution in [0.25, 0.3) is 0 Å². The smallest absolute Gasteiger partial charge is 0.426 e. The van der Waals surface area contributed by atoms with Crippen molar-refractivity contribution in [3.8, 4) is 0 Å². The summed E-state index contributed by atoms with van der Waals surface area (Å²) >= 11 is 0. The molecule has 0 saturated carbocycles. The Bertz CT molecular complexity index is 979. The molecule has 9 nitrogen and oxygen atoms in total. The number of benzene rings is 1. The molecule has 38 heavy (non-hydrogen) atoms. The highest BCUT2D eigenvalue weighted by Crippen LogP contribution is 2.21. The zero-order chi connectivity index (χ0) is 29.0. The molecule has 2 atom stereocenters. The van der Waals surface area contributed by atoms with E-state index < -0.39 is 41.3 Å². The van der Waals surface area contributed by atoms with Crippen molar-refractivity contribution in [2.45, 2.75) is 92.0 Å². The number of carbonyl (C=O) groups excluding carboxylic acids is 3. The third-order valence-corrected chi connectivity index (χ3v) is 5.62. The minimum Gasteiger partial charge on any atom is -0.443 e. The summed E-state index contributed by atoms with van der Waals surface area (Å²) in [5, 5.41) is 6.03. The first kappa shape index (κ1) is 32.7. The molecule has 1 heterocycles. The van der Waals surface area contributed by atoms with E-state index in [0.29, 0.717) is 5.70 Å². The molecule has 0 unspecified atom stereocenters. The van der Waals surface area contributed by atoms with Gasteiger partial charge >= 0.3 is 12.1 Å². The van der Waals surface area contributed by atoms with Crippen molar-refractivity contribution in [3.63, 3.8) is 0 Å². The molecule has 4 amide bonds. The van der Waals surface area contributed by atoms with E-state index in [1.54, 1.807) is 20.8 Å². The summed E-state index contributed by atoms with van der Waals surface area (Å²) in [6, 6.07) is 1.52. The number of nitrogens with zero attached hydrogens (tertiary/aromatic N) is 2. The fourth-order valence-electron chi connectivity index (χ4n) is 3.74. The fraction of sp³-hybridized carbons (Fsp3) is 0.593. The SMILES string of the molecule is C=C(CN(NC(=O)OC(C)(C)C)C(=O)N[C@@H](C)C(=O)NCc1ccc(F)cc1F)N1CCCC[C@@H]1C.CC.[HH].[HH]. The Morgan fingerprint density at radius 2 is 1.89 bits per heavy atom. The van der Waals surface area contributed by atoms with E-state index >= 15 is 0 Å². The Morgan fingerprint density at radius 1 is 1.24 bits per heavy atom. The van der Waals surface area contributed by atoms with Crippen LogP contribution in [0.2, 0.25) is 0 Å². The number of rotatable bonds is 7. The number of hydrogen-bond donors (Lipinski definition) is 3. The normalized spacial score (nSPS) is 15.8.